The van der Waals surface area contributed by atoms with Crippen LogP contribution in [0.1, 0.15) is 28.8 Å². The standard InChI is InChI=1S/C19H17ClN2O3S/c20-13-7-11(8-14-17(13)25-6-5-24-14)9-22-10-21-18-16(19(22)23)12-3-1-2-4-15(12)26-18/h7-8,10H,1-6,9H2. The molecule has 7 heteroatoms. The van der Waals surface area contributed by atoms with Crippen LogP contribution in [0, 0.1) is 0 Å². The maximum absolute atomic E-state index is 13.1. The Kier molecular flexibility index (Phi) is 3.90. The van der Waals surface area contributed by atoms with Crippen LogP contribution in [-0.2, 0) is 19.4 Å². The van der Waals surface area contributed by atoms with E-state index in [2.05, 4.69) is 4.98 Å². The summed E-state index contributed by atoms with van der Waals surface area (Å²) in [4.78, 5) is 19.8. The van der Waals surface area contributed by atoms with E-state index in [0.717, 1.165) is 35.0 Å². The highest BCUT2D eigenvalue weighted by Gasteiger charge is 2.21. The quantitative estimate of drug-likeness (QED) is 0.669. The Morgan fingerprint density at radius 1 is 1.19 bits per heavy atom. The van der Waals surface area contributed by atoms with Gasteiger partial charge in [0.2, 0.25) is 0 Å². The Morgan fingerprint density at radius 3 is 2.96 bits per heavy atom. The third-order valence-electron chi connectivity index (χ3n) is 4.95. The number of aromatic nitrogens is 2. The molecular weight excluding hydrogens is 372 g/mol. The largest absolute Gasteiger partial charge is 0.486 e. The van der Waals surface area contributed by atoms with E-state index in [0.29, 0.717) is 36.3 Å². The summed E-state index contributed by atoms with van der Waals surface area (Å²) in [6.45, 7) is 1.40. The number of hydrogen-bond acceptors (Lipinski definition) is 5. The summed E-state index contributed by atoms with van der Waals surface area (Å²) in [7, 11) is 0. The maximum Gasteiger partial charge on any atom is 0.262 e. The second kappa shape index (κ2) is 6.28. The minimum atomic E-state index is 0.0282. The summed E-state index contributed by atoms with van der Waals surface area (Å²) in [6, 6.07) is 3.72. The van der Waals surface area contributed by atoms with Crippen molar-refractivity contribution in [2.45, 2.75) is 32.2 Å². The summed E-state index contributed by atoms with van der Waals surface area (Å²) in [5, 5.41) is 1.31. The summed E-state index contributed by atoms with van der Waals surface area (Å²) in [5.41, 5.74) is 2.13. The van der Waals surface area contributed by atoms with Crippen LogP contribution in [0.4, 0.5) is 0 Å². The Morgan fingerprint density at radius 2 is 2.04 bits per heavy atom. The van der Waals surface area contributed by atoms with Gasteiger partial charge in [0.15, 0.2) is 11.5 Å². The van der Waals surface area contributed by atoms with Crippen LogP contribution < -0.4 is 15.0 Å². The van der Waals surface area contributed by atoms with E-state index in [1.807, 2.05) is 12.1 Å². The molecule has 0 unspecified atom stereocenters. The predicted molar refractivity (Wildman–Crippen MR) is 102 cm³/mol. The Bertz CT molecular complexity index is 1070. The number of halogens is 1. The molecule has 26 heavy (non-hydrogen) atoms. The normalized spacial score (nSPS) is 15.9. The van der Waals surface area contributed by atoms with Crippen molar-refractivity contribution in [3.8, 4) is 11.5 Å². The number of ether oxygens (including phenoxy) is 2. The van der Waals surface area contributed by atoms with E-state index in [1.165, 1.54) is 16.9 Å². The number of benzene rings is 1. The average Bonchev–Trinajstić information content (AvgIpc) is 3.03. The van der Waals surface area contributed by atoms with Crippen molar-refractivity contribution in [3.05, 3.63) is 49.8 Å². The van der Waals surface area contributed by atoms with Gasteiger partial charge in [-0.05, 0) is 48.9 Å². The van der Waals surface area contributed by atoms with Crippen LogP contribution in [0.3, 0.4) is 0 Å². The van der Waals surface area contributed by atoms with Crippen LogP contribution in [0.25, 0.3) is 10.2 Å². The second-order valence-electron chi connectivity index (χ2n) is 6.67. The van der Waals surface area contributed by atoms with E-state index in [1.54, 1.807) is 22.2 Å². The van der Waals surface area contributed by atoms with Crippen molar-refractivity contribution in [2.75, 3.05) is 13.2 Å². The van der Waals surface area contributed by atoms with Gasteiger partial charge in [-0.15, -0.1) is 11.3 Å². The number of hydrogen-bond donors (Lipinski definition) is 0. The van der Waals surface area contributed by atoms with Gasteiger partial charge in [-0.2, -0.15) is 0 Å². The van der Waals surface area contributed by atoms with Crippen molar-refractivity contribution in [1.29, 1.82) is 0 Å². The van der Waals surface area contributed by atoms with Gasteiger partial charge in [-0.25, -0.2) is 4.98 Å². The molecule has 134 valence electrons. The van der Waals surface area contributed by atoms with Gasteiger partial charge in [-0.1, -0.05) is 11.6 Å². The molecule has 0 fully saturated rings. The molecule has 0 amide bonds. The fourth-order valence-corrected chi connectivity index (χ4v) is 5.25. The molecule has 0 N–H and O–H groups in total. The fraction of sp³-hybridized carbons (Fsp3) is 0.368. The summed E-state index contributed by atoms with van der Waals surface area (Å²) in [5.74, 6) is 1.21. The topological polar surface area (TPSA) is 53.4 Å². The molecule has 1 aliphatic heterocycles. The van der Waals surface area contributed by atoms with Gasteiger partial charge < -0.3 is 9.47 Å². The highest BCUT2D eigenvalue weighted by Crippen LogP contribution is 2.38. The van der Waals surface area contributed by atoms with Crippen LogP contribution in [0.15, 0.2) is 23.3 Å². The van der Waals surface area contributed by atoms with Gasteiger partial charge in [0.1, 0.15) is 18.0 Å². The van der Waals surface area contributed by atoms with Crippen LogP contribution >= 0.6 is 22.9 Å². The lowest BCUT2D eigenvalue weighted by Gasteiger charge is -2.20. The average molecular weight is 389 g/mol. The first-order chi connectivity index (χ1) is 12.7. The Labute approximate surface area is 159 Å². The minimum absolute atomic E-state index is 0.0282. The summed E-state index contributed by atoms with van der Waals surface area (Å²) >= 11 is 7.99. The third kappa shape index (κ3) is 2.59. The third-order valence-corrected chi connectivity index (χ3v) is 6.43. The number of nitrogens with zero attached hydrogens (tertiary/aromatic N) is 2. The Balaban J connectivity index is 1.57. The monoisotopic (exact) mass is 388 g/mol. The van der Waals surface area contributed by atoms with Crippen molar-refractivity contribution in [1.82, 2.24) is 9.55 Å². The molecule has 5 rings (SSSR count). The van der Waals surface area contributed by atoms with E-state index in [-0.39, 0.29) is 5.56 Å². The van der Waals surface area contributed by atoms with E-state index in [4.69, 9.17) is 21.1 Å². The highest BCUT2D eigenvalue weighted by molar-refractivity contribution is 7.18. The SMILES string of the molecule is O=c1c2c3c(sc2ncn1Cc1cc(Cl)c2c(c1)OCCO2)CCCC3. The maximum atomic E-state index is 13.1. The first-order valence-corrected chi connectivity index (χ1v) is 9.98. The molecule has 0 radical (unpaired) electrons. The molecule has 0 spiro atoms. The van der Waals surface area contributed by atoms with Crippen molar-refractivity contribution >= 4 is 33.2 Å². The molecular formula is C19H17ClN2O3S. The lowest BCUT2D eigenvalue weighted by Crippen LogP contribution is -2.22. The zero-order valence-electron chi connectivity index (χ0n) is 14.1. The lowest BCUT2D eigenvalue weighted by atomic mass is 9.97. The lowest BCUT2D eigenvalue weighted by molar-refractivity contribution is 0.171. The molecule has 2 aromatic heterocycles. The van der Waals surface area contributed by atoms with Gasteiger partial charge in [0.05, 0.1) is 23.3 Å². The molecule has 1 aromatic carbocycles. The number of aryl methyl sites for hydroxylation is 2. The van der Waals surface area contributed by atoms with Gasteiger partial charge in [-0.3, -0.25) is 9.36 Å². The predicted octanol–water partition coefficient (Wildman–Crippen LogP) is 3.81. The van der Waals surface area contributed by atoms with Crippen LogP contribution in [0.5, 0.6) is 11.5 Å². The van der Waals surface area contributed by atoms with Crippen molar-refractivity contribution < 1.29 is 9.47 Å². The second-order valence-corrected chi connectivity index (χ2v) is 8.16. The van der Waals surface area contributed by atoms with E-state index >= 15 is 0 Å². The van der Waals surface area contributed by atoms with Crippen molar-refractivity contribution in [2.24, 2.45) is 0 Å². The van der Waals surface area contributed by atoms with Crippen LogP contribution in [-0.4, -0.2) is 22.8 Å². The molecule has 3 aromatic rings. The van der Waals surface area contributed by atoms with Crippen molar-refractivity contribution in [3.63, 3.8) is 0 Å². The zero-order chi connectivity index (χ0) is 17.7. The minimum Gasteiger partial charge on any atom is -0.486 e. The first kappa shape index (κ1) is 16.1. The molecule has 5 nitrogen and oxygen atoms in total. The first-order valence-electron chi connectivity index (χ1n) is 8.78. The highest BCUT2D eigenvalue weighted by atomic mass is 35.5. The molecule has 2 aliphatic rings. The van der Waals surface area contributed by atoms with Crippen LogP contribution in [0.2, 0.25) is 5.02 Å². The smallest absolute Gasteiger partial charge is 0.262 e. The molecule has 0 atom stereocenters. The molecule has 0 saturated carbocycles. The molecule has 0 saturated heterocycles. The molecule has 3 heterocycles. The molecule has 1 aliphatic carbocycles. The fourth-order valence-electron chi connectivity index (χ4n) is 3.75. The van der Waals surface area contributed by atoms with Gasteiger partial charge in [0.25, 0.3) is 5.56 Å². The number of thiophene rings is 1. The zero-order valence-corrected chi connectivity index (χ0v) is 15.7. The number of fused-ring (bicyclic) bond motifs is 4. The van der Waals surface area contributed by atoms with Gasteiger partial charge in [0, 0.05) is 4.88 Å². The van der Waals surface area contributed by atoms with Gasteiger partial charge >= 0.3 is 0 Å². The summed E-state index contributed by atoms with van der Waals surface area (Å²) in [6.07, 6.45) is 6.02. The summed E-state index contributed by atoms with van der Waals surface area (Å²) < 4.78 is 12.8. The number of rotatable bonds is 2. The Hall–Kier alpha value is -2.05. The van der Waals surface area contributed by atoms with E-state index in [9.17, 15) is 4.79 Å². The van der Waals surface area contributed by atoms with E-state index < -0.39 is 0 Å². The molecule has 0 bridgehead atoms.